The molecule has 4 nitrogen and oxygen atoms in total. The van der Waals surface area contributed by atoms with E-state index in [0.717, 1.165) is 48.0 Å². The molecule has 1 aromatic heterocycles. The maximum atomic E-state index is 5.55. The summed E-state index contributed by atoms with van der Waals surface area (Å²) in [7, 11) is 0. The third-order valence-electron chi connectivity index (χ3n) is 5.39. The van der Waals surface area contributed by atoms with Gasteiger partial charge in [-0.3, -0.25) is 0 Å². The minimum Gasteiger partial charge on any atom is -0.402 e. The highest BCUT2D eigenvalue weighted by atomic mass is 15.0. The number of nitrogens with zero attached hydrogens (tertiary/aromatic N) is 1. The van der Waals surface area contributed by atoms with Gasteiger partial charge in [-0.1, -0.05) is 77.8 Å². The van der Waals surface area contributed by atoms with Crippen molar-refractivity contribution in [1.82, 2.24) is 15.2 Å². The maximum Gasteiger partial charge on any atom is 0.0538 e. The molecule has 0 aromatic carbocycles. The van der Waals surface area contributed by atoms with Crippen molar-refractivity contribution in [3.05, 3.63) is 59.7 Å². The molecule has 0 fully saturated rings. The van der Waals surface area contributed by atoms with Crippen molar-refractivity contribution in [2.75, 3.05) is 13.1 Å². The Bertz CT molecular complexity index is 716. The third-order valence-corrected chi connectivity index (χ3v) is 5.39. The average molecular weight is 413 g/mol. The first kappa shape index (κ1) is 25.7. The molecule has 1 aromatic rings. The van der Waals surface area contributed by atoms with Crippen LogP contribution in [0.5, 0.6) is 0 Å². The number of nitrogens with one attached hydrogen (secondary N) is 2. The van der Waals surface area contributed by atoms with Crippen molar-refractivity contribution >= 4 is 13.2 Å². The lowest BCUT2D eigenvalue weighted by atomic mass is 10.1. The quantitative estimate of drug-likeness (QED) is 0.297. The smallest absolute Gasteiger partial charge is 0.0538 e. The standard InChI is InChI=1S/C26H44N4/c1-22(27)18-19-28-24(3)21-29-23(2)15-13-11-9-7-6-8-10-12-14-20-30-25(4)16-17-26(30)5/h16-17,28-29H,1-15,18-21,27H2. The second-order valence-corrected chi connectivity index (χ2v) is 8.30. The zero-order valence-electron chi connectivity index (χ0n) is 19.1. The van der Waals surface area contributed by atoms with E-state index in [2.05, 4.69) is 48.1 Å². The fourth-order valence-electron chi connectivity index (χ4n) is 3.47. The number of hydrogen-bond donors (Lipinski definition) is 3. The average Bonchev–Trinajstić information content (AvgIpc) is 3.02. The predicted molar refractivity (Wildman–Crippen MR) is 133 cm³/mol. The summed E-state index contributed by atoms with van der Waals surface area (Å²) in [5.74, 6) is 0. The molecule has 0 aliphatic carbocycles. The normalized spacial score (nSPS) is 10.7. The minimum absolute atomic E-state index is 0.696. The Morgan fingerprint density at radius 3 is 1.83 bits per heavy atom. The topological polar surface area (TPSA) is 55.0 Å². The van der Waals surface area contributed by atoms with E-state index >= 15 is 0 Å². The number of aromatic nitrogens is 1. The summed E-state index contributed by atoms with van der Waals surface area (Å²) in [6.45, 7) is 22.5. The number of rotatable bonds is 19. The molecule has 0 atom stereocenters. The summed E-state index contributed by atoms with van der Waals surface area (Å²) in [5, 5.41) is 8.75. The Balaban J connectivity index is 1.88. The van der Waals surface area contributed by atoms with Crippen LogP contribution in [-0.4, -0.2) is 17.7 Å². The van der Waals surface area contributed by atoms with Crippen molar-refractivity contribution in [2.24, 2.45) is 5.73 Å². The summed E-state index contributed by atoms with van der Waals surface area (Å²) >= 11 is 0. The maximum absolute atomic E-state index is 5.55. The number of allylic oxidation sites excluding steroid dienone is 1. The van der Waals surface area contributed by atoms with Crippen LogP contribution in [0.15, 0.2) is 49.0 Å². The largest absolute Gasteiger partial charge is 0.402 e. The molecule has 4 N–H and O–H groups in total. The SMILES string of the molecule is C=C(N)CCNC(=C)CNC(=C)CCCCCCCCCCCn1c(=C)ccc1=C. The molecule has 0 aliphatic rings. The highest BCUT2D eigenvalue weighted by molar-refractivity contribution is 5.08. The molecule has 0 saturated heterocycles. The van der Waals surface area contributed by atoms with Gasteiger partial charge in [0, 0.05) is 47.3 Å². The molecular weight excluding hydrogens is 368 g/mol. The van der Waals surface area contributed by atoms with Gasteiger partial charge in [-0.05, 0) is 31.4 Å². The van der Waals surface area contributed by atoms with Gasteiger partial charge < -0.3 is 20.9 Å². The first-order chi connectivity index (χ1) is 14.4. The molecule has 0 unspecified atom stereocenters. The Kier molecular flexibility index (Phi) is 13.2. The molecular formula is C26H44N4. The first-order valence-electron chi connectivity index (χ1n) is 11.5. The Hall–Kier alpha value is -2.36. The Morgan fingerprint density at radius 1 is 0.733 bits per heavy atom. The van der Waals surface area contributed by atoms with Crippen molar-refractivity contribution in [1.29, 1.82) is 0 Å². The van der Waals surface area contributed by atoms with Crippen LogP contribution in [-0.2, 0) is 6.54 Å². The molecule has 0 amide bonds. The third kappa shape index (κ3) is 12.3. The number of unbranched alkanes of at least 4 members (excludes halogenated alkanes) is 8. The van der Waals surface area contributed by atoms with E-state index in [1.807, 2.05) is 12.1 Å². The number of hydrogen-bond acceptors (Lipinski definition) is 3. The highest BCUT2D eigenvalue weighted by Gasteiger charge is 1.99. The second-order valence-electron chi connectivity index (χ2n) is 8.30. The van der Waals surface area contributed by atoms with Gasteiger partial charge in [-0.25, -0.2) is 0 Å². The van der Waals surface area contributed by atoms with Crippen LogP contribution >= 0.6 is 0 Å². The summed E-state index contributed by atoms with van der Waals surface area (Å²) in [6.07, 6.45) is 13.5. The molecule has 0 aliphatic heterocycles. The first-order valence-corrected chi connectivity index (χ1v) is 11.5. The van der Waals surface area contributed by atoms with Crippen molar-refractivity contribution in [3.8, 4) is 0 Å². The zero-order valence-corrected chi connectivity index (χ0v) is 19.1. The Labute approximate surface area is 184 Å². The van der Waals surface area contributed by atoms with E-state index in [-0.39, 0.29) is 0 Å². The molecule has 0 radical (unpaired) electrons. The number of nitrogens with two attached hydrogens (primary N) is 1. The summed E-state index contributed by atoms with van der Waals surface area (Å²) in [4.78, 5) is 0. The fraction of sp³-hybridized carbons (Fsp3) is 0.538. The van der Waals surface area contributed by atoms with Crippen LogP contribution in [0.3, 0.4) is 0 Å². The van der Waals surface area contributed by atoms with Crippen LogP contribution in [0, 0.1) is 0 Å². The minimum atomic E-state index is 0.696. The molecule has 0 bridgehead atoms. The second kappa shape index (κ2) is 15.5. The van der Waals surface area contributed by atoms with Crippen molar-refractivity contribution in [3.63, 3.8) is 0 Å². The highest BCUT2D eigenvalue weighted by Crippen LogP contribution is 2.12. The summed E-state index contributed by atoms with van der Waals surface area (Å²) in [5.41, 5.74) is 8.31. The monoisotopic (exact) mass is 412 g/mol. The van der Waals surface area contributed by atoms with Gasteiger partial charge >= 0.3 is 0 Å². The lowest BCUT2D eigenvalue weighted by molar-refractivity contribution is 0.529. The molecule has 0 saturated carbocycles. The van der Waals surface area contributed by atoms with Gasteiger partial charge in [0.15, 0.2) is 0 Å². The van der Waals surface area contributed by atoms with Crippen LogP contribution < -0.4 is 27.1 Å². The summed E-state index contributed by atoms with van der Waals surface area (Å²) in [6, 6.07) is 4.09. The molecule has 1 rings (SSSR count). The van der Waals surface area contributed by atoms with Crippen LogP contribution in [0.2, 0.25) is 0 Å². The van der Waals surface area contributed by atoms with Gasteiger partial charge in [0.05, 0.1) is 6.54 Å². The molecule has 4 heteroatoms. The van der Waals surface area contributed by atoms with E-state index in [9.17, 15) is 0 Å². The lowest BCUT2D eigenvalue weighted by Gasteiger charge is -2.13. The van der Waals surface area contributed by atoms with Gasteiger partial charge in [-0.15, -0.1) is 0 Å². The summed E-state index contributed by atoms with van der Waals surface area (Å²) < 4.78 is 2.22. The van der Waals surface area contributed by atoms with Gasteiger partial charge in [0.1, 0.15) is 0 Å². The van der Waals surface area contributed by atoms with Gasteiger partial charge in [-0.2, -0.15) is 0 Å². The molecule has 1 heterocycles. The van der Waals surface area contributed by atoms with Gasteiger partial charge in [0.2, 0.25) is 0 Å². The van der Waals surface area contributed by atoms with Crippen LogP contribution in [0.25, 0.3) is 13.2 Å². The van der Waals surface area contributed by atoms with Crippen LogP contribution in [0.4, 0.5) is 0 Å². The van der Waals surface area contributed by atoms with Crippen molar-refractivity contribution < 1.29 is 0 Å². The van der Waals surface area contributed by atoms with E-state index < -0.39 is 0 Å². The Morgan fingerprint density at radius 2 is 1.27 bits per heavy atom. The molecule has 168 valence electrons. The van der Waals surface area contributed by atoms with E-state index in [1.165, 1.54) is 57.8 Å². The van der Waals surface area contributed by atoms with Crippen molar-refractivity contribution in [2.45, 2.75) is 77.2 Å². The predicted octanol–water partition coefficient (Wildman–Crippen LogP) is 4.28. The molecule has 30 heavy (non-hydrogen) atoms. The zero-order chi connectivity index (χ0) is 22.2. The van der Waals surface area contributed by atoms with Crippen LogP contribution in [0.1, 0.15) is 70.6 Å². The molecule has 0 spiro atoms. The van der Waals surface area contributed by atoms with E-state index in [4.69, 9.17) is 5.73 Å². The fourth-order valence-corrected chi connectivity index (χ4v) is 3.47. The van der Waals surface area contributed by atoms with E-state index in [1.54, 1.807) is 0 Å². The van der Waals surface area contributed by atoms with Gasteiger partial charge in [0.25, 0.3) is 0 Å². The lowest BCUT2D eigenvalue weighted by Crippen LogP contribution is -2.25. The van der Waals surface area contributed by atoms with E-state index in [0.29, 0.717) is 12.2 Å².